The van der Waals surface area contributed by atoms with Gasteiger partial charge in [0.2, 0.25) is 11.8 Å². The highest BCUT2D eigenvalue weighted by atomic mass is 79.9. The summed E-state index contributed by atoms with van der Waals surface area (Å²) in [5.74, 6) is -0.358. The van der Waals surface area contributed by atoms with E-state index in [9.17, 15) is 9.59 Å². The van der Waals surface area contributed by atoms with Crippen molar-refractivity contribution in [2.45, 2.75) is 25.4 Å². The van der Waals surface area contributed by atoms with Crippen molar-refractivity contribution < 1.29 is 14.3 Å². The second kappa shape index (κ2) is 6.79. The number of halogens is 1. The molecular formula is C16H19BrN2O3. The lowest BCUT2D eigenvalue weighted by Gasteiger charge is -2.18. The smallest absolute Gasteiger partial charge is 0.227 e. The van der Waals surface area contributed by atoms with Crippen molar-refractivity contribution in [1.29, 1.82) is 0 Å². The van der Waals surface area contributed by atoms with E-state index in [0.717, 1.165) is 29.6 Å². The third-order valence-electron chi connectivity index (χ3n) is 4.17. The average Bonchev–Trinajstić information content (AvgIpc) is 3.15. The molecule has 0 radical (unpaired) electrons. The maximum Gasteiger partial charge on any atom is 0.227 e. The molecule has 2 fully saturated rings. The molecule has 0 aliphatic carbocycles. The van der Waals surface area contributed by atoms with Gasteiger partial charge < -0.3 is 15.0 Å². The normalized spacial score (nSPS) is 24.8. The lowest BCUT2D eigenvalue weighted by Crippen LogP contribution is -2.37. The summed E-state index contributed by atoms with van der Waals surface area (Å²) in [5.41, 5.74) is 0.821. The number of hydrogen-bond acceptors (Lipinski definition) is 3. The number of nitrogens with zero attached hydrogens (tertiary/aromatic N) is 1. The van der Waals surface area contributed by atoms with E-state index in [1.165, 1.54) is 0 Å². The molecule has 6 heteroatoms. The molecule has 1 aromatic carbocycles. The van der Waals surface area contributed by atoms with E-state index < -0.39 is 0 Å². The average molecular weight is 367 g/mol. The highest BCUT2D eigenvalue weighted by Crippen LogP contribution is 2.31. The van der Waals surface area contributed by atoms with Gasteiger partial charge in [0.25, 0.3) is 0 Å². The molecule has 2 aliphatic rings. The molecule has 0 saturated carbocycles. The van der Waals surface area contributed by atoms with Gasteiger partial charge in [-0.3, -0.25) is 9.59 Å². The maximum atomic E-state index is 12.3. The molecule has 3 rings (SSSR count). The van der Waals surface area contributed by atoms with Crippen LogP contribution < -0.4 is 10.2 Å². The molecule has 118 valence electrons. The van der Waals surface area contributed by atoms with Crippen molar-refractivity contribution in [2.75, 3.05) is 24.6 Å². The molecule has 1 aromatic rings. The van der Waals surface area contributed by atoms with E-state index in [2.05, 4.69) is 21.2 Å². The van der Waals surface area contributed by atoms with Crippen molar-refractivity contribution in [3.05, 3.63) is 28.7 Å². The summed E-state index contributed by atoms with van der Waals surface area (Å²) >= 11 is 3.46. The summed E-state index contributed by atoms with van der Waals surface area (Å²) in [4.78, 5) is 26.1. The molecule has 2 atom stereocenters. The summed E-state index contributed by atoms with van der Waals surface area (Å²) in [5, 5.41) is 2.92. The van der Waals surface area contributed by atoms with Gasteiger partial charge in [-0.2, -0.15) is 0 Å². The number of carbonyl (C=O) groups is 2. The first-order valence-electron chi connectivity index (χ1n) is 7.59. The molecule has 2 saturated heterocycles. The van der Waals surface area contributed by atoms with Crippen molar-refractivity contribution in [2.24, 2.45) is 5.92 Å². The zero-order valence-corrected chi connectivity index (χ0v) is 13.8. The minimum absolute atomic E-state index is 0.0100. The zero-order valence-electron chi connectivity index (χ0n) is 12.3. The number of anilines is 1. The first-order chi connectivity index (χ1) is 10.6. The predicted octanol–water partition coefficient (Wildman–Crippen LogP) is 2.10. The Bertz CT molecular complexity index is 572. The Labute approximate surface area is 138 Å². The van der Waals surface area contributed by atoms with Gasteiger partial charge in [0.05, 0.1) is 17.7 Å². The Morgan fingerprint density at radius 2 is 2.23 bits per heavy atom. The molecule has 0 spiro atoms. The van der Waals surface area contributed by atoms with Crippen LogP contribution in [0.1, 0.15) is 19.3 Å². The van der Waals surface area contributed by atoms with Crippen molar-refractivity contribution in [3.8, 4) is 0 Å². The van der Waals surface area contributed by atoms with Crippen LogP contribution in [0.4, 0.5) is 5.69 Å². The highest BCUT2D eigenvalue weighted by molar-refractivity contribution is 9.10. The molecule has 2 aliphatic heterocycles. The van der Waals surface area contributed by atoms with E-state index >= 15 is 0 Å². The van der Waals surface area contributed by atoms with E-state index in [-0.39, 0.29) is 30.3 Å². The van der Waals surface area contributed by atoms with Crippen molar-refractivity contribution in [1.82, 2.24) is 5.32 Å². The second-order valence-corrected chi connectivity index (χ2v) is 6.59. The van der Waals surface area contributed by atoms with Crippen LogP contribution in [-0.4, -0.2) is 37.6 Å². The summed E-state index contributed by atoms with van der Waals surface area (Å²) in [6.07, 6.45) is 2.43. The Kier molecular flexibility index (Phi) is 4.78. The topological polar surface area (TPSA) is 58.6 Å². The predicted molar refractivity (Wildman–Crippen MR) is 86.6 cm³/mol. The van der Waals surface area contributed by atoms with Crippen LogP contribution in [0.15, 0.2) is 28.7 Å². The van der Waals surface area contributed by atoms with Crippen LogP contribution in [0.5, 0.6) is 0 Å². The van der Waals surface area contributed by atoms with Gasteiger partial charge in [0.1, 0.15) is 0 Å². The molecular weight excluding hydrogens is 348 g/mol. The van der Waals surface area contributed by atoms with Gasteiger partial charge >= 0.3 is 0 Å². The Morgan fingerprint density at radius 3 is 2.95 bits per heavy atom. The quantitative estimate of drug-likeness (QED) is 0.887. The number of para-hydroxylation sites is 1. The van der Waals surface area contributed by atoms with Crippen molar-refractivity contribution in [3.63, 3.8) is 0 Å². The zero-order chi connectivity index (χ0) is 15.5. The molecule has 0 bridgehead atoms. The van der Waals surface area contributed by atoms with Crippen LogP contribution >= 0.6 is 15.9 Å². The molecule has 2 heterocycles. The lowest BCUT2D eigenvalue weighted by molar-refractivity contribution is -0.126. The van der Waals surface area contributed by atoms with E-state index in [0.29, 0.717) is 13.1 Å². The number of hydrogen-bond donors (Lipinski definition) is 1. The number of ether oxygens (including phenoxy) is 1. The minimum Gasteiger partial charge on any atom is -0.376 e. The molecule has 0 unspecified atom stereocenters. The monoisotopic (exact) mass is 366 g/mol. The summed E-state index contributed by atoms with van der Waals surface area (Å²) in [6, 6.07) is 7.57. The van der Waals surface area contributed by atoms with Gasteiger partial charge in [-0.15, -0.1) is 0 Å². The van der Waals surface area contributed by atoms with E-state index in [4.69, 9.17) is 4.74 Å². The fourth-order valence-electron chi connectivity index (χ4n) is 2.95. The van der Waals surface area contributed by atoms with Crippen LogP contribution in [0.25, 0.3) is 0 Å². The molecule has 22 heavy (non-hydrogen) atoms. The Balaban J connectivity index is 1.59. The first kappa shape index (κ1) is 15.5. The van der Waals surface area contributed by atoms with Gasteiger partial charge in [-0.05, 0) is 40.9 Å². The lowest BCUT2D eigenvalue weighted by atomic mass is 10.1. The number of nitrogens with one attached hydrogen (secondary N) is 1. The van der Waals surface area contributed by atoms with Crippen LogP contribution in [0, 0.1) is 5.92 Å². The number of carbonyl (C=O) groups excluding carboxylic acids is 2. The standard InChI is InChI=1S/C16H19BrN2O3/c17-13-5-1-2-6-14(13)19-10-11(8-15(19)20)16(21)18-9-12-4-3-7-22-12/h1-2,5-6,11-12H,3-4,7-10H2,(H,18,21)/t11-,12+/m0/s1. The van der Waals surface area contributed by atoms with Gasteiger partial charge in [-0.25, -0.2) is 0 Å². The van der Waals surface area contributed by atoms with Crippen molar-refractivity contribution >= 4 is 33.4 Å². The van der Waals surface area contributed by atoms with E-state index in [1.807, 2.05) is 24.3 Å². The summed E-state index contributed by atoms with van der Waals surface area (Å²) < 4.78 is 6.36. The number of amides is 2. The first-order valence-corrected chi connectivity index (χ1v) is 8.38. The third kappa shape index (κ3) is 3.33. The Morgan fingerprint density at radius 1 is 1.41 bits per heavy atom. The van der Waals surface area contributed by atoms with Crippen LogP contribution in [0.2, 0.25) is 0 Å². The molecule has 5 nitrogen and oxygen atoms in total. The minimum atomic E-state index is -0.291. The highest BCUT2D eigenvalue weighted by Gasteiger charge is 2.35. The fraction of sp³-hybridized carbons (Fsp3) is 0.500. The Hall–Kier alpha value is -1.40. The summed E-state index contributed by atoms with van der Waals surface area (Å²) in [7, 11) is 0. The van der Waals surface area contributed by atoms with Crippen LogP contribution in [-0.2, 0) is 14.3 Å². The van der Waals surface area contributed by atoms with Gasteiger partial charge in [-0.1, -0.05) is 12.1 Å². The SMILES string of the molecule is O=C(NC[C@H]1CCCO1)[C@H]1CC(=O)N(c2ccccc2Br)C1. The summed E-state index contributed by atoms with van der Waals surface area (Å²) in [6.45, 7) is 1.75. The fourth-order valence-corrected chi connectivity index (χ4v) is 3.45. The largest absolute Gasteiger partial charge is 0.376 e. The molecule has 1 N–H and O–H groups in total. The van der Waals surface area contributed by atoms with Gasteiger partial charge in [0.15, 0.2) is 0 Å². The van der Waals surface area contributed by atoms with Gasteiger partial charge in [0, 0.05) is 30.6 Å². The number of rotatable bonds is 4. The van der Waals surface area contributed by atoms with E-state index in [1.54, 1.807) is 4.90 Å². The number of benzene rings is 1. The molecule has 2 amide bonds. The maximum absolute atomic E-state index is 12.3. The van der Waals surface area contributed by atoms with Crippen LogP contribution in [0.3, 0.4) is 0 Å². The second-order valence-electron chi connectivity index (χ2n) is 5.74. The molecule has 0 aromatic heterocycles. The third-order valence-corrected chi connectivity index (χ3v) is 4.84.